The summed E-state index contributed by atoms with van der Waals surface area (Å²) in [6.45, 7) is 0.388. The molecule has 0 saturated carbocycles. The van der Waals surface area contributed by atoms with Crippen LogP contribution >= 0.6 is 58.3 Å². The maximum absolute atomic E-state index is 12.6. The molecule has 0 unspecified atom stereocenters. The van der Waals surface area contributed by atoms with Gasteiger partial charge in [-0.3, -0.25) is 0 Å². The van der Waals surface area contributed by atoms with Crippen LogP contribution in [0.2, 0.25) is 15.2 Å². The zero-order valence-corrected chi connectivity index (χ0v) is 26.5. The molecule has 0 atom stereocenters. The number of hydrogen-bond acceptors (Lipinski definition) is 6. The molecule has 42 heavy (non-hydrogen) atoms. The van der Waals surface area contributed by atoms with E-state index in [4.69, 9.17) is 44.4 Å². The van der Waals surface area contributed by atoms with Crippen LogP contribution in [-0.4, -0.2) is 30.5 Å². The van der Waals surface area contributed by atoms with Gasteiger partial charge in [0.15, 0.2) is 5.71 Å². The Morgan fingerprint density at radius 3 is 1.98 bits per heavy atom. The van der Waals surface area contributed by atoms with E-state index in [1.165, 1.54) is 14.2 Å². The van der Waals surface area contributed by atoms with Crippen LogP contribution in [-0.2, 0) is 20.9 Å². The minimum atomic E-state index is -0.591. The molecule has 0 aliphatic carbocycles. The van der Waals surface area contributed by atoms with Crippen LogP contribution in [0.1, 0.15) is 21.3 Å². The Bertz CT molecular complexity index is 1690. The SMILES string of the molecule is CO/N=C(/C(=O)OC)c1ccccc1Cn1c(Cl)c(C(Sc2ccc(Cl)cc2)Sc2ccc(Cl)cc2)c2ccccc21. The van der Waals surface area contributed by atoms with E-state index in [9.17, 15) is 4.79 Å². The summed E-state index contributed by atoms with van der Waals surface area (Å²) in [6.07, 6.45) is 0. The molecule has 0 saturated heterocycles. The Morgan fingerprint density at radius 2 is 1.38 bits per heavy atom. The number of nitrogens with zero attached hydrogens (tertiary/aromatic N) is 2. The minimum absolute atomic E-state index is 0.0814. The van der Waals surface area contributed by atoms with Gasteiger partial charge >= 0.3 is 5.97 Å². The molecule has 0 aliphatic heterocycles. The average molecular weight is 656 g/mol. The van der Waals surface area contributed by atoms with Crippen LogP contribution in [0.3, 0.4) is 0 Å². The third kappa shape index (κ3) is 6.77. The summed E-state index contributed by atoms with van der Waals surface area (Å²) in [7, 11) is 2.71. The number of oxime groups is 1. The van der Waals surface area contributed by atoms with Gasteiger partial charge in [-0.25, -0.2) is 4.79 Å². The van der Waals surface area contributed by atoms with Crippen LogP contribution in [0.25, 0.3) is 10.9 Å². The molecule has 5 rings (SSSR count). The quantitative estimate of drug-likeness (QED) is 0.0493. The van der Waals surface area contributed by atoms with E-state index in [2.05, 4.69) is 21.9 Å². The van der Waals surface area contributed by atoms with Gasteiger partial charge < -0.3 is 14.1 Å². The van der Waals surface area contributed by atoms with Crippen LogP contribution in [0.5, 0.6) is 0 Å². The maximum Gasteiger partial charge on any atom is 0.360 e. The summed E-state index contributed by atoms with van der Waals surface area (Å²) in [5.41, 5.74) is 3.47. The van der Waals surface area contributed by atoms with Gasteiger partial charge in [0.05, 0.1) is 11.7 Å². The monoisotopic (exact) mass is 654 g/mol. The fraction of sp³-hybridized carbons (Fsp3) is 0.125. The largest absolute Gasteiger partial charge is 0.464 e. The molecule has 214 valence electrons. The summed E-state index contributed by atoms with van der Waals surface area (Å²) in [6, 6.07) is 31.2. The topological polar surface area (TPSA) is 52.8 Å². The highest BCUT2D eigenvalue weighted by Crippen LogP contribution is 2.52. The number of aromatic nitrogens is 1. The first kappa shape index (κ1) is 30.4. The number of carbonyl (C=O) groups is 1. The van der Waals surface area contributed by atoms with E-state index in [0.29, 0.717) is 27.3 Å². The van der Waals surface area contributed by atoms with E-state index in [-0.39, 0.29) is 10.3 Å². The van der Waals surface area contributed by atoms with Gasteiger partial charge in [0, 0.05) is 48.4 Å². The van der Waals surface area contributed by atoms with E-state index in [1.54, 1.807) is 23.5 Å². The highest BCUT2D eigenvalue weighted by Gasteiger charge is 2.27. The number of ether oxygens (including phenoxy) is 1. The Hall–Kier alpha value is -3.07. The number of methoxy groups -OCH3 is 1. The zero-order chi connectivity index (χ0) is 29.6. The number of para-hydroxylation sites is 1. The zero-order valence-electron chi connectivity index (χ0n) is 22.6. The third-order valence-corrected chi connectivity index (χ3v) is 9.93. The first-order chi connectivity index (χ1) is 20.4. The summed E-state index contributed by atoms with van der Waals surface area (Å²) in [5, 5.41) is 6.96. The van der Waals surface area contributed by atoms with Crippen molar-refractivity contribution in [1.82, 2.24) is 4.57 Å². The van der Waals surface area contributed by atoms with Gasteiger partial charge in [-0.1, -0.05) is 82.4 Å². The van der Waals surface area contributed by atoms with Crippen LogP contribution < -0.4 is 0 Å². The maximum atomic E-state index is 12.6. The second-order valence-electron chi connectivity index (χ2n) is 9.05. The number of halogens is 3. The van der Waals surface area contributed by atoms with Crippen LogP contribution in [0.15, 0.2) is 112 Å². The molecule has 5 aromatic rings. The van der Waals surface area contributed by atoms with E-state index in [1.807, 2.05) is 84.9 Å². The second-order valence-corrected chi connectivity index (χ2v) is 12.9. The summed E-state index contributed by atoms with van der Waals surface area (Å²) in [5.74, 6) is -0.591. The van der Waals surface area contributed by atoms with E-state index >= 15 is 0 Å². The van der Waals surface area contributed by atoms with Crippen molar-refractivity contribution in [3.63, 3.8) is 0 Å². The van der Waals surface area contributed by atoms with Crippen molar-refractivity contribution in [2.45, 2.75) is 20.9 Å². The fourth-order valence-corrected chi connectivity index (χ4v) is 7.93. The molecular formula is C32H25Cl3N2O3S2. The molecule has 0 amide bonds. The number of fused-ring (bicyclic) bond motifs is 1. The van der Waals surface area contributed by atoms with E-state index in [0.717, 1.165) is 31.8 Å². The summed E-state index contributed by atoms with van der Waals surface area (Å²) in [4.78, 5) is 19.7. The minimum Gasteiger partial charge on any atom is -0.464 e. The number of rotatable bonds is 10. The highest BCUT2D eigenvalue weighted by molar-refractivity contribution is 8.16. The molecule has 1 aromatic heterocycles. The van der Waals surface area contributed by atoms with Gasteiger partial charge in [0.25, 0.3) is 0 Å². The fourth-order valence-electron chi connectivity index (χ4n) is 4.54. The molecule has 1 heterocycles. The molecule has 10 heteroatoms. The van der Waals surface area contributed by atoms with Crippen molar-refractivity contribution >= 4 is 80.9 Å². The number of carbonyl (C=O) groups excluding carboxylic acids is 1. The van der Waals surface area contributed by atoms with Crippen molar-refractivity contribution < 1.29 is 14.4 Å². The third-order valence-electron chi connectivity index (χ3n) is 6.46. The Morgan fingerprint density at radius 1 is 0.810 bits per heavy atom. The van der Waals surface area contributed by atoms with Gasteiger partial charge in [0.2, 0.25) is 0 Å². The molecule has 0 N–H and O–H groups in total. The Balaban J connectivity index is 1.63. The van der Waals surface area contributed by atoms with Crippen molar-refractivity contribution in [3.8, 4) is 0 Å². The van der Waals surface area contributed by atoms with Crippen LogP contribution in [0.4, 0.5) is 0 Å². The molecule has 0 fully saturated rings. The second kappa shape index (κ2) is 13.9. The lowest BCUT2D eigenvalue weighted by Gasteiger charge is -2.18. The highest BCUT2D eigenvalue weighted by atomic mass is 35.5. The van der Waals surface area contributed by atoms with Crippen LogP contribution in [0, 0.1) is 0 Å². The molecule has 5 nitrogen and oxygen atoms in total. The predicted molar refractivity (Wildman–Crippen MR) is 175 cm³/mol. The average Bonchev–Trinajstić information content (AvgIpc) is 3.28. The lowest BCUT2D eigenvalue weighted by atomic mass is 10.0. The number of benzene rings is 4. The van der Waals surface area contributed by atoms with Gasteiger partial charge in [0.1, 0.15) is 12.3 Å². The van der Waals surface area contributed by atoms with Crippen molar-refractivity contribution in [2.75, 3.05) is 14.2 Å². The van der Waals surface area contributed by atoms with Crippen molar-refractivity contribution in [3.05, 3.63) is 129 Å². The summed E-state index contributed by atoms with van der Waals surface area (Å²) >= 11 is 23.1. The number of esters is 1. The molecular weight excluding hydrogens is 631 g/mol. The first-order valence-corrected chi connectivity index (χ1v) is 15.7. The summed E-state index contributed by atoms with van der Waals surface area (Å²) < 4.78 is 6.93. The van der Waals surface area contributed by atoms with Crippen molar-refractivity contribution in [2.24, 2.45) is 5.16 Å². The predicted octanol–water partition coefficient (Wildman–Crippen LogP) is 9.76. The van der Waals surface area contributed by atoms with Gasteiger partial charge in [-0.2, -0.15) is 0 Å². The number of hydrogen-bond donors (Lipinski definition) is 0. The normalized spacial score (nSPS) is 11.7. The molecule has 0 spiro atoms. The van der Waals surface area contributed by atoms with E-state index < -0.39 is 5.97 Å². The number of thioether (sulfide) groups is 2. The first-order valence-electron chi connectivity index (χ1n) is 12.8. The standard InChI is InChI=1S/C32H25Cl3N2O3S2/c1-39-31(38)29(36-40-2)25-8-4-3-7-20(25)19-37-27-10-6-5-9-26(27)28(30(37)35)32(41-23-15-11-21(33)12-16-23)42-24-17-13-22(34)14-18-24/h3-18,32H,19H2,1-2H3/b36-29+. The van der Waals surface area contributed by atoms with Crippen molar-refractivity contribution in [1.29, 1.82) is 0 Å². The lowest BCUT2D eigenvalue weighted by molar-refractivity contribution is -0.132. The van der Waals surface area contributed by atoms with Gasteiger partial charge in [-0.15, -0.1) is 23.5 Å². The Kier molecular flexibility index (Phi) is 10.1. The molecule has 0 bridgehead atoms. The molecule has 4 aromatic carbocycles. The molecule has 0 radical (unpaired) electrons. The smallest absolute Gasteiger partial charge is 0.360 e. The Labute approximate surface area is 267 Å². The van der Waals surface area contributed by atoms with Gasteiger partial charge in [-0.05, 0) is 60.2 Å². The lowest BCUT2D eigenvalue weighted by Crippen LogP contribution is -2.20. The molecule has 0 aliphatic rings.